The molecule has 0 spiro atoms. The first-order valence-electron chi connectivity index (χ1n) is 6.08. The zero-order chi connectivity index (χ0) is 11.5. The summed E-state index contributed by atoms with van der Waals surface area (Å²) in [6.07, 6.45) is 1.48. The van der Waals surface area contributed by atoms with Gasteiger partial charge < -0.3 is 10.1 Å². The number of nitrogens with one attached hydrogen (secondary N) is 1. The minimum Gasteiger partial charge on any atom is -0.377 e. The van der Waals surface area contributed by atoms with Crippen molar-refractivity contribution >= 4 is 0 Å². The third-order valence-electron chi connectivity index (χ3n) is 3.43. The molecule has 1 aliphatic rings. The summed E-state index contributed by atoms with van der Waals surface area (Å²) in [6, 6.07) is 7.16. The van der Waals surface area contributed by atoms with Gasteiger partial charge in [-0.2, -0.15) is 0 Å². The van der Waals surface area contributed by atoms with Gasteiger partial charge in [0.2, 0.25) is 0 Å². The lowest BCUT2D eigenvalue weighted by Gasteiger charge is -2.17. The molecule has 1 N–H and O–H groups in total. The highest BCUT2D eigenvalue weighted by Gasteiger charge is 2.23. The van der Waals surface area contributed by atoms with E-state index in [1.54, 1.807) is 0 Å². The number of hydrogen-bond acceptors (Lipinski definition) is 2. The van der Waals surface area contributed by atoms with Crippen LogP contribution >= 0.6 is 0 Å². The first-order chi connectivity index (χ1) is 7.66. The molecule has 16 heavy (non-hydrogen) atoms. The molecule has 1 heterocycles. The number of rotatable bonds is 3. The zero-order valence-corrected chi connectivity index (χ0v) is 10.4. The molecule has 1 aromatic rings. The van der Waals surface area contributed by atoms with Crippen LogP contribution in [-0.2, 0) is 11.3 Å². The second kappa shape index (κ2) is 4.98. The van der Waals surface area contributed by atoms with Crippen molar-refractivity contribution in [2.24, 2.45) is 0 Å². The fraction of sp³-hybridized carbons (Fsp3) is 0.571. The van der Waals surface area contributed by atoms with Crippen molar-refractivity contribution < 1.29 is 4.74 Å². The third-order valence-corrected chi connectivity index (χ3v) is 3.43. The second-order valence-corrected chi connectivity index (χ2v) is 4.78. The van der Waals surface area contributed by atoms with E-state index in [1.165, 1.54) is 16.7 Å². The molecular formula is C14H21NO. The Bertz CT molecular complexity index is 362. The SMILES string of the molecule is Cc1ccc(CNC2CCOC2C)c(C)c1. The minimum atomic E-state index is 0.353. The lowest BCUT2D eigenvalue weighted by molar-refractivity contribution is 0.113. The van der Waals surface area contributed by atoms with Gasteiger partial charge in [-0.1, -0.05) is 23.8 Å². The summed E-state index contributed by atoms with van der Waals surface area (Å²) >= 11 is 0. The van der Waals surface area contributed by atoms with Crippen molar-refractivity contribution in [3.05, 3.63) is 34.9 Å². The van der Waals surface area contributed by atoms with Crippen LogP contribution in [0.5, 0.6) is 0 Å². The Kier molecular flexibility index (Phi) is 3.62. The molecule has 0 aliphatic carbocycles. The molecule has 2 nitrogen and oxygen atoms in total. The van der Waals surface area contributed by atoms with Crippen LogP contribution in [0.15, 0.2) is 18.2 Å². The summed E-state index contributed by atoms with van der Waals surface area (Å²) in [5.41, 5.74) is 4.10. The summed E-state index contributed by atoms with van der Waals surface area (Å²) in [4.78, 5) is 0. The topological polar surface area (TPSA) is 21.3 Å². The van der Waals surface area contributed by atoms with Crippen molar-refractivity contribution in [3.8, 4) is 0 Å². The molecule has 0 bridgehead atoms. The molecule has 2 rings (SSSR count). The van der Waals surface area contributed by atoms with Crippen LogP contribution in [0.3, 0.4) is 0 Å². The molecule has 2 atom stereocenters. The first-order valence-corrected chi connectivity index (χ1v) is 6.08. The van der Waals surface area contributed by atoms with Crippen LogP contribution in [0.4, 0.5) is 0 Å². The number of hydrogen-bond donors (Lipinski definition) is 1. The number of aryl methyl sites for hydroxylation is 2. The van der Waals surface area contributed by atoms with E-state index >= 15 is 0 Å². The maximum absolute atomic E-state index is 5.54. The van der Waals surface area contributed by atoms with Crippen LogP contribution in [-0.4, -0.2) is 18.8 Å². The lowest BCUT2D eigenvalue weighted by atomic mass is 10.0. The molecule has 0 radical (unpaired) electrons. The molecule has 1 aliphatic heterocycles. The Balaban J connectivity index is 1.94. The molecule has 1 aromatic carbocycles. The fourth-order valence-corrected chi connectivity index (χ4v) is 2.28. The largest absolute Gasteiger partial charge is 0.377 e. The average Bonchev–Trinajstić information content (AvgIpc) is 2.63. The maximum Gasteiger partial charge on any atom is 0.0700 e. The monoisotopic (exact) mass is 219 g/mol. The Hall–Kier alpha value is -0.860. The van der Waals surface area contributed by atoms with Crippen molar-refractivity contribution in [2.75, 3.05) is 6.61 Å². The van der Waals surface area contributed by atoms with E-state index in [2.05, 4.69) is 44.3 Å². The molecule has 1 saturated heterocycles. The summed E-state index contributed by atoms with van der Waals surface area (Å²) in [5.74, 6) is 0. The predicted octanol–water partition coefficient (Wildman–Crippen LogP) is 2.57. The zero-order valence-electron chi connectivity index (χ0n) is 10.4. The molecular weight excluding hydrogens is 198 g/mol. The van der Waals surface area contributed by atoms with E-state index in [-0.39, 0.29) is 0 Å². The van der Waals surface area contributed by atoms with E-state index in [0.29, 0.717) is 12.1 Å². The van der Waals surface area contributed by atoms with Gasteiger partial charge in [-0.3, -0.25) is 0 Å². The summed E-state index contributed by atoms with van der Waals surface area (Å²) in [7, 11) is 0. The van der Waals surface area contributed by atoms with E-state index in [1.807, 2.05) is 0 Å². The lowest BCUT2D eigenvalue weighted by Crippen LogP contribution is -2.34. The highest BCUT2D eigenvalue weighted by molar-refractivity contribution is 5.30. The Morgan fingerprint density at radius 1 is 1.38 bits per heavy atom. The average molecular weight is 219 g/mol. The van der Waals surface area contributed by atoms with Gasteiger partial charge in [-0.05, 0) is 38.3 Å². The maximum atomic E-state index is 5.54. The van der Waals surface area contributed by atoms with Crippen molar-refractivity contribution in [1.82, 2.24) is 5.32 Å². The third kappa shape index (κ3) is 2.63. The molecule has 1 fully saturated rings. The molecule has 2 heteroatoms. The van der Waals surface area contributed by atoms with E-state index in [0.717, 1.165) is 19.6 Å². The fourth-order valence-electron chi connectivity index (χ4n) is 2.28. The van der Waals surface area contributed by atoms with Gasteiger partial charge >= 0.3 is 0 Å². The predicted molar refractivity (Wildman–Crippen MR) is 66.6 cm³/mol. The van der Waals surface area contributed by atoms with E-state index in [9.17, 15) is 0 Å². The summed E-state index contributed by atoms with van der Waals surface area (Å²) < 4.78 is 5.54. The minimum absolute atomic E-state index is 0.353. The van der Waals surface area contributed by atoms with Crippen LogP contribution in [0.25, 0.3) is 0 Å². The van der Waals surface area contributed by atoms with Gasteiger partial charge in [-0.15, -0.1) is 0 Å². The van der Waals surface area contributed by atoms with E-state index in [4.69, 9.17) is 4.74 Å². The van der Waals surface area contributed by atoms with Gasteiger partial charge in [0.15, 0.2) is 0 Å². The van der Waals surface area contributed by atoms with Gasteiger partial charge in [0.05, 0.1) is 6.10 Å². The highest BCUT2D eigenvalue weighted by atomic mass is 16.5. The summed E-state index contributed by atoms with van der Waals surface area (Å²) in [6.45, 7) is 8.30. The molecule has 0 saturated carbocycles. The standard InChI is InChI=1S/C14H21NO/c1-10-4-5-13(11(2)8-10)9-15-14-6-7-16-12(14)3/h4-5,8,12,14-15H,6-7,9H2,1-3H3. The Morgan fingerprint density at radius 2 is 2.19 bits per heavy atom. The Morgan fingerprint density at radius 3 is 2.81 bits per heavy atom. The van der Waals surface area contributed by atoms with Gasteiger partial charge in [0.1, 0.15) is 0 Å². The van der Waals surface area contributed by atoms with Crippen LogP contribution in [0.1, 0.15) is 30.0 Å². The van der Waals surface area contributed by atoms with Gasteiger partial charge in [0, 0.05) is 19.2 Å². The molecule has 2 unspecified atom stereocenters. The van der Waals surface area contributed by atoms with Gasteiger partial charge in [0.25, 0.3) is 0 Å². The molecule has 88 valence electrons. The second-order valence-electron chi connectivity index (χ2n) is 4.78. The van der Waals surface area contributed by atoms with Crippen molar-refractivity contribution in [3.63, 3.8) is 0 Å². The normalized spacial score (nSPS) is 24.9. The Labute approximate surface area is 98.0 Å². The van der Waals surface area contributed by atoms with E-state index < -0.39 is 0 Å². The van der Waals surface area contributed by atoms with Crippen LogP contribution < -0.4 is 5.32 Å². The summed E-state index contributed by atoms with van der Waals surface area (Å²) in [5, 5.41) is 3.58. The van der Waals surface area contributed by atoms with Crippen molar-refractivity contribution in [2.45, 2.75) is 45.9 Å². The van der Waals surface area contributed by atoms with Gasteiger partial charge in [-0.25, -0.2) is 0 Å². The highest BCUT2D eigenvalue weighted by Crippen LogP contribution is 2.15. The van der Waals surface area contributed by atoms with Crippen LogP contribution in [0, 0.1) is 13.8 Å². The van der Waals surface area contributed by atoms with Crippen molar-refractivity contribution in [1.29, 1.82) is 0 Å². The number of benzene rings is 1. The van der Waals surface area contributed by atoms with Crippen LogP contribution in [0.2, 0.25) is 0 Å². The molecule has 0 aromatic heterocycles. The molecule has 0 amide bonds. The quantitative estimate of drug-likeness (QED) is 0.843. The first kappa shape index (κ1) is 11.6. The number of ether oxygens (including phenoxy) is 1. The smallest absolute Gasteiger partial charge is 0.0700 e.